The minimum atomic E-state index is 0.441. The topological polar surface area (TPSA) is 0 Å². The molecule has 0 aliphatic heterocycles. The normalized spacial score (nSPS) is 19.8. The number of hydrogen-bond acceptors (Lipinski definition) is 0. The third kappa shape index (κ3) is 1.68. The van der Waals surface area contributed by atoms with Crippen LogP contribution in [0.4, 0.5) is 0 Å². The van der Waals surface area contributed by atoms with E-state index in [0.717, 1.165) is 12.8 Å². The molecule has 4 rings (SSSR count). The number of aryl methyl sites for hydroxylation is 2. The quantitative estimate of drug-likeness (QED) is 0.599. The zero-order valence-electron chi connectivity index (χ0n) is 12.7. The van der Waals surface area contributed by atoms with E-state index in [4.69, 9.17) is 0 Å². The van der Waals surface area contributed by atoms with Gasteiger partial charge < -0.3 is 0 Å². The second-order valence-electron chi connectivity index (χ2n) is 6.29. The number of fused-ring (bicyclic) bond motifs is 1. The molecular formula is C21H20. The molecule has 1 unspecified atom stereocenters. The van der Waals surface area contributed by atoms with E-state index in [9.17, 15) is 0 Å². The summed E-state index contributed by atoms with van der Waals surface area (Å²) in [5.41, 5.74) is 8.72. The zero-order chi connectivity index (χ0) is 14.6. The highest BCUT2D eigenvalue weighted by molar-refractivity contribution is 6.01. The maximum Gasteiger partial charge on any atom is 0.00588 e. The first-order valence-corrected chi connectivity index (χ1v) is 7.75. The summed E-state index contributed by atoms with van der Waals surface area (Å²) in [4.78, 5) is 0. The Morgan fingerprint density at radius 3 is 2.90 bits per heavy atom. The van der Waals surface area contributed by atoms with Crippen LogP contribution in [-0.2, 0) is 6.42 Å². The van der Waals surface area contributed by atoms with Crippen molar-refractivity contribution < 1.29 is 0 Å². The molecule has 1 atom stereocenters. The molecule has 0 aromatic heterocycles. The fraction of sp³-hybridized carbons (Fsp3) is 0.238. The van der Waals surface area contributed by atoms with Gasteiger partial charge in [0.15, 0.2) is 0 Å². The predicted molar refractivity (Wildman–Crippen MR) is 91.5 cm³/mol. The van der Waals surface area contributed by atoms with E-state index < -0.39 is 0 Å². The highest BCUT2D eigenvalue weighted by Gasteiger charge is 2.25. The van der Waals surface area contributed by atoms with Gasteiger partial charge in [0.1, 0.15) is 0 Å². The molecule has 2 aromatic rings. The van der Waals surface area contributed by atoms with Crippen molar-refractivity contribution in [1.82, 2.24) is 0 Å². The molecule has 0 nitrogen and oxygen atoms in total. The Morgan fingerprint density at radius 2 is 2.10 bits per heavy atom. The summed E-state index contributed by atoms with van der Waals surface area (Å²) < 4.78 is 0. The SMILES string of the molecule is C=CC1Cc2cc(C)c(C)c3cccc(c23)C2=C1C=CC2. The molecule has 0 spiro atoms. The van der Waals surface area contributed by atoms with Crippen LogP contribution in [0.1, 0.15) is 28.7 Å². The molecule has 2 aromatic carbocycles. The maximum absolute atomic E-state index is 4.09. The zero-order valence-corrected chi connectivity index (χ0v) is 12.7. The first-order valence-electron chi connectivity index (χ1n) is 7.75. The van der Waals surface area contributed by atoms with Gasteiger partial charge in [-0.3, -0.25) is 0 Å². The molecule has 0 fully saturated rings. The molecular weight excluding hydrogens is 252 g/mol. The van der Waals surface area contributed by atoms with Crippen molar-refractivity contribution in [2.24, 2.45) is 5.92 Å². The minimum Gasteiger partial charge on any atom is -0.102 e. The second kappa shape index (κ2) is 4.46. The van der Waals surface area contributed by atoms with Crippen LogP contribution >= 0.6 is 0 Å². The number of rotatable bonds is 1. The summed E-state index contributed by atoms with van der Waals surface area (Å²) >= 11 is 0. The van der Waals surface area contributed by atoms with Gasteiger partial charge in [-0.15, -0.1) is 6.58 Å². The summed E-state index contributed by atoms with van der Waals surface area (Å²) in [5, 5.41) is 2.90. The predicted octanol–water partition coefficient (Wildman–Crippen LogP) is 5.53. The first-order chi connectivity index (χ1) is 10.2. The Labute approximate surface area is 126 Å². The molecule has 0 bridgehead atoms. The van der Waals surface area contributed by atoms with Gasteiger partial charge in [0.05, 0.1) is 0 Å². The minimum absolute atomic E-state index is 0.441. The third-order valence-corrected chi connectivity index (χ3v) is 5.19. The summed E-state index contributed by atoms with van der Waals surface area (Å²) in [6.45, 7) is 8.56. The van der Waals surface area contributed by atoms with Crippen LogP contribution in [0.3, 0.4) is 0 Å². The second-order valence-corrected chi connectivity index (χ2v) is 6.29. The molecule has 0 amide bonds. The lowest BCUT2D eigenvalue weighted by molar-refractivity contribution is 0.785. The van der Waals surface area contributed by atoms with Gasteiger partial charge in [-0.25, -0.2) is 0 Å². The van der Waals surface area contributed by atoms with Crippen molar-refractivity contribution in [2.45, 2.75) is 26.7 Å². The molecule has 0 N–H and O–H groups in total. The van der Waals surface area contributed by atoms with Gasteiger partial charge in [-0.05, 0) is 70.9 Å². The molecule has 2 aliphatic rings. The van der Waals surface area contributed by atoms with Crippen LogP contribution in [0, 0.1) is 19.8 Å². The van der Waals surface area contributed by atoms with E-state index in [1.165, 1.54) is 44.2 Å². The molecule has 21 heavy (non-hydrogen) atoms. The van der Waals surface area contributed by atoms with Crippen LogP contribution in [-0.4, -0.2) is 0 Å². The van der Waals surface area contributed by atoms with Gasteiger partial charge in [0.2, 0.25) is 0 Å². The summed E-state index contributed by atoms with van der Waals surface area (Å²) in [6.07, 6.45) is 8.86. The first kappa shape index (κ1) is 12.6. The van der Waals surface area contributed by atoms with Gasteiger partial charge >= 0.3 is 0 Å². The Hall–Kier alpha value is -2.08. The monoisotopic (exact) mass is 272 g/mol. The van der Waals surface area contributed by atoms with Gasteiger partial charge in [0.25, 0.3) is 0 Å². The average Bonchev–Trinajstić information content (AvgIpc) is 2.93. The van der Waals surface area contributed by atoms with Crippen LogP contribution < -0.4 is 0 Å². The van der Waals surface area contributed by atoms with E-state index in [1.807, 2.05) is 0 Å². The molecule has 0 saturated carbocycles. The van der Waals surface area contributed by atoms with Crippen LogP contribution in [0.25, 0.3) is 16.3 Å². The third-order valence-electron chi connectivity index (χ3n) is 5.19. The summed E-state index contributed by atoms with van der Waals surface area (Å²) in [5.74, 6) is 0.441. The average molecular weight is 272 g/mol. The van der Waals surface area contributed by atoms with Gasteiger partial charge in [-0.2, -0.15) is 0 Å². The molecule has 0 saturated heterocycles. The summed E-state index contributed by atoms with van der Waals surface area (Å²) in [7, 11) is 0. The van der Waals surface area contributed by atoms with Crippen molar-refractivity contribution in [1.29, 1.82) is 0 Å². The van der Waals surface area contributed by atoms with Crippen molar-refractivity contribution >= 4 is 16.3 Å². The Kier molecular flexibility index (Phi) is 2.68. The molecule has 0 heterocycles. The van der Waals surface area contributed by atoms with Crippen LogP contribution in [0.5, 0.6) is 0 Å². The fourth-order valence-electron chi connectivity index (χ4n) is 3.97. The number of hydrogen-bond donors (Lipinski definition) is 0. The molecule has 104 valence electrons. The van der Waals surface area contributed by atoms with E-state index >= 15 is 0 Å². The Morgan fingerprint density at radius 1 is 1.24 bits per heavy atom. The van der Waals surface area contributed by atoms with Crippen LogP contribution in [0.15, 0.2) is 54.6 Å². The smallest absolute Gasteiger partial charge is 0.00588 e. The maximum atomic E-state index is 4.09. The molecule has 2 aliphatic carbocycles. The van der Waals surface area contributed by atoms with Gasteiger partial charge in [0, 0.05) is 5.92 Å². The van der Waals surface area contributed by atoms with Crippen molar-refractivity contribution in [3.63, 3.8) is 0 Å². The van der Waals surface area contributed by atoms with E-state index in [1.54, 1.807) is 0 Å². The highest BCUT2D eigenvalue weighted by Crippen LogP contribution is 2.43. The Balaban J connectivity index is 2.15. The molecule has 0 radical (unpaired) electrons. The lowest BCUT2D eigenvalue weighted by Crippen LogP contribution is -2.03. The van der Waals surface area contributed by atoms with Gasteiger partial charge in [-0.1, -0.05) is 42.5 Å². The van der Waals surface area contributed by atoms with Crippen molar-refractivity contribution in [3.8, 4) is 0 Å². The lowest BCUT2D eigenvalue weighted by Gasteiger charge is -2.15. The van der Waals surface area contributed by atoms with Crippen molar-refractivity contribution in [3.05, 3.63) is 76.9 Å². The van der Waals surface area contributed by atoms with Crippen LogP contribution in [0.2, 0.25) is 0 Å². The molecule has 0 heteroatoms. The fourth-order valence-corrected chi connectivity index (χ4v) is 3.97. The number of allylic oxidation sites excluding steroid dienone is 5. The standard InChI is InChI=1S/C21H20/c1-4-15-12-16-11-13(2)14(3)17-7-5-10-20(21(16)17)19-9-6-8-18(15)19/h4-8,10-11,15H,1,9,12H2,2-3H3. The lowest BCUT2D eigenvalue weighted by atomic mass is 9.89. The largest absolute Gasteiger partial charge is 0.102 e. The summed E-state index contributed by atoms with van der Waals surface area (Å²) in [6, 6.07) is 9.19. The Bertz CT molecular complexity index is 831. The highest BCUT2D eigenvalue weighted by atomic mass is 14.3. The van der Waals surface area contributed by atoms with E-state index in [-0.39, 0.29) is 0 Å². The number of benzene rings is 2. The van der Waals surface area contributed by atoms with E-state index in [0.29, 0.717) is 5.92 Å². The van der Waals surface area contributed by atoms with Crippen molar-refractivity contribution in [2.75, 3.05) is 0 Å². The van der Waals surface area contributed by atoms with E-state index in [2.05, 4.69) is 62.9 Å².